The van der Waals surface area contributed by atoms with Crippen molar-refractivity contribution in [3.05, 3.63) is 65.5 Å². The second-order valence-corrected chi connectivity index (χ2v) is 8.42. The first-order valence-corrected chi connectivity index (χ1v) is 9.45. The van der Waals surface area contributed by atoms with Gasteiger partial charge in [-0.2, -0.15) is 0 Å². The van der Waals surface area contributed by atoms with Crippen LogP contribution in [0.2, 0.25) is 0 Å². The molecule has 5 heteroatoms. The van der Waals surface area contributed by atoms with Gasteiger partial charge in [-0.1, -0.05) is 51.1 Å². The molecule has 2 amide bonds. The molecule has 2 aromatic carbocycles. The lowest BCUT2D eigenvalue weighted by molar-refractivity contribution is 0.214. The molecule has 0 aliphatic carbocycles. The number of carbonyl (C=O) groups excluding carboxylic acids is 1. The second kappa shape index (κ2) is 7.08. The fraction of sp³-hybridized carbons (Fsp3) is 0.350. The van der Waals surface area contributed by atoms with Gasteiger partial charge in [-0.05, 0) is 34.7 Å². The monoisotopic (exact) mass is 358 g/mol. The van der Waals surface area contributed by atoms with Gasteiger partial charge in [0.05, 0.1) is 0 Å². The van der Waals surface area contributed by atoms with Crippen molar-refractivity contribution in [2.45, 2.75) is 31.6 Å². The number of hydrogen-bond donors (Lipinski definition) is 1. The van der Waals surface area contributed by atoms with Gasteiger partial charge in [-0.3, -0.25) is 0 Å². The van der Waals surface area contributed by atoms with Crippen molar-refractivity contribution < 1.29 is 9.18 Å². The SMILES string of the molecule is CC(C)(C)c1ccc(C2SCCN2C(=O)Nc2cccc(F)c2)cc1. The highest BCUT2D eigenvalue weighted by Gasteiger charge is 2.31. The van der Waals surface area contributed by atoms with Gasteiger partial charge < -0.3 is 10.2 Å². The van der Waals surface area contributed by atoms with Crippen LogP contribution >= 0.6 is 11.8 Å². The van der Waals surface area contributed by atoms with Crippen molar-refractivity contribution in [2.75, 3.05) is 17.6 Å². The third-order valence-electron chi connectivity index (χ3n) is 4.29. The number of nitrogens with zero attached hydrogens (tertiary/aromatic N) is 1. The summed E-state index contributed by atoms with van der Waals surface area (Å²) in [7, 11) is 0. The molecular weight excluding hydrogens is 335 g/mol. The first-order chi connectivity index (χ1) is 11.8. The number of halogens is 1. The summed E-state index contributed by atoms with van der Waals surface area (Å²) in [6.07, 6.45) is 0. The highest BCUT2D eigenvalue weighted by molar-refractivity contribution is 7.99. The number of hydrogen-bond acceptors (Lipinski definition) is 2. The zero-order valence-corrected chi connectivity index (χ0v) is 15.6. The maximum atomic E-state index is 13.3. The third kappa shape index (κ3) is 4.15. The minimum Gasteiger partial charge on any atom is -0.308 e. The molecule has 1 saturated heterocycles. The summed E-state index contributed by atoms with van der Waals surface area (Å²) in [6.45, 7) is 7.23. The summed E-state index contributed by atoms with van der Waals surface area (Å²) in [5.41, 5.74) is 2.97. The molecule has 1 N–H and O–H groups in total. The maximum absolute atomic E-state index is 13.3. The van der Waals surface area contributed by atoms with E-state index >= 15 is 0 Å². The molecule has 132 valence electrons. The Morgan fingerprint density at radius 1 is 1.20 bits per heavy atom. The highest BCUT2D eigenvalue weighted by Crippen LogP contribution is 2.38. The highest BCUT2D eigenvalue weighted by atomic mass is 32.2. The Morgan fingerprint density at radius 3 is 2.56 bits per heavy atom. The summed E-state index contributed by atoms with van der Waals surface area (Å²) < 4.78 is 13.3. The molecule has 1 fully saturated rings. The number of rotatable bonds is 2. The van der Waals surface area contributed by atoms with E-state index in [0.29, 0.717) is 12.2 Å². The van der Waals surface area contributed by atoms with Crippen molar-refractivity contribution in [3.63, 3.8) is 0 Å². The summed E-state index contributed by atoms with van der Waals surface area (Å²) in [4.78, 5) is 14.4. The lowest BCUT2D eigenvalue weighted by atomic mass is 9.87. The van der Waals surface area contributed by atoms with Crippen molar-refractivity contribution in [3.8, 4) is 0 Å². The number of nitrogens with one attached hydrogen (secondary N) is 1. The van der Waals surface area contributed by atoms with E-state index in [2.05, 4.69) is 50.4 Å². The minimum atomic E-state index is -0.358. The minimum absolute atomic E-state index is 0.0115. The summed E-state index contributed by atoms with van der Waals surface area (Å²) in [6, 6.07) is 14.3. The van der Waals surface area contributed by atoms with Crippen LogP contribution in [0.5, 0.6) is 0 Å². The molecule has 25 heavy (non-hydrogen) atoms. The molecule has 1 unspecified atom stereocenters. The van der Waals surface area contributed by atoms with Crippen LogP contribution in [0.3, 0.4) is 0 Å². The standard InChI is InChI=1S/C20H23FN2OS/c1-20(2,3)15-9-7-14(8-10-15)18-23(11-12-25-18)19(24)22-17-6-4-5-16(21)13-17/h4-10,13,18H,11-12H2,1-3H3,(H,22,24). The van der Waals surface area contributed by atoms with Crippen molar-refractivity contribution in [2.24, 2.45) is 0 Å². The van der Waals surface area contributed by atoms with Crippen LogP contribution in [-0.4, -0.2) is 23.2 Å². The Kier molecular flexibility index (Phi) is 5.04. The number of amides is 2. The van der Waals surface area contributed by atoms with Crippen LogP contribution in [0.4, 0.5) is 14.9 Å². The van der Waals surface area contributed by atoms with E-state index < -0.39 is 0 Å². The van der Waals surface area contributed by atoms with Gasteiger partial charge in [-0.15, -0.1) is 11.8 Å². The maximum Gasteiger partial charge on any atom is 0.323 e. The topological polar surface area (TPSA) is 32.3 Å². The van der Waals surface area contributed by atoms with E-state index in [9.17, 15) is 9.18 Å². The molecule has 1 atom stereocenters. The number of anilines is 1. The van der Waals surface area contributed by atoms with Gasteiger partial charge in [0.15, 0.2) is 0 Å². The number of benzene rings is 2. The van der Waals surface area contributed by atoms with E-state index in [1.165, 1.54) is 17.7 Å². The predicted octanol–water partition coefficient (Wildman–Crippen LogP) is 5.40. The normalized spacial score (nSPS) is 17.6. The average molecular weight is 358 g/mol. The Balaban J connectivity index is 1.74. The molecule has 3 rings (SSSR count). The molecule has 0 saturated carbocycles. The number of thioether (sulfide) groups is 1. The van der Waals surface area contributed by atoms with Crippen LogP contribution in [-0.2, 0) is 5.41 Å². The van der Waals surface area contributed by atoms with E-state index in [1.807, 2.05) is 4.90 Å². The lowest BCUT2D eigenvalue weighted by Crippen LogP contribution is -2.34. The lowest BCUT2D eigenvalue weighted by Gasteiger charge is -2.25. The van der Waals surface area contributed by atoms with Crippen LogP contribution < -0.4 is 5.32 Å². The molecular formula is C20H23FN2OS. The van der Waals surface area contributed by atoms with Gasteiger partial charge in [-0.25, -0.2) is 9.18 Å². The van der Waals surface area contributed by atoms with E-state index in [4.69, 9.17) is 0 Å². The van der Waals surface area contributed by atoms with E-state index in [0.717, 1.165) is 11.3 Å². The fourth-order valence-electron chi connectivity index (χ4n) is 2.86. The van der Waals surface area contributed by atoms with Crippen LogP contribution in [0.15, 0.2) is 48.5 Å². The average Bonchev–Trinajstić information content (AvgIpc) is 3.04. The largest absolute Gasteiger partial charge is 0.323 e. The Bertz CT molecular complexity index is 755. The number of carbonyl (C=O) groups is 1. The molecule has 0 bridgehead atoms. The molecule has 1 aliphatic rings. The fourth-order valence-corrected chi connectivity index (χ4v) is 4.12. The first-order valence-electron chi connectivity index (χ1n) is 8.40. The molecule has 3 nitrogen and oxygen atoms in total. The zero-order valence-electron chi connectivity index (χ0n) is 14.8. The van der Waals surface area contributed by atoms with Crippen molar-refractivity contribution in [1.29, 1.82) is 0 Å². The summed E-state index contributed by atoms with van der Waals surface area (Å²) >= 11 is 1.75. The van der Waals surface area contributed by atoms with E-state index in [1.54, 1.807) is 23.9 Å². The van der Waals surface area contributed by atoms with Gasteiger partial charge in [0, 0.05) is 18.0 Å². The Labute approximate surface area is 152 Å². The molecule has 0 radical (unpaired) electrons. The summed E-state index contributed by atoms with van der Waals surface area (Å²) in [5, 5.41) is 2.78. The van der Waals surface area contributed by atoms with Crippen LogP contribution in [0.25, 0.3) is 0 Å². The Hall–Kier alpha value is -2.01. The molecule has 1 aliphatic heterocycles. The smallest absolute Gasteiger partial charge is 0.308 e. The van der Waals surface area contributed by atoms with Gasteiger partial charge in [0.1, 0.15) is 11.2 Å². The third-order valence-corrected chi connectivity index (χ3v) is 5.55. The predicted molar refractivity (Wildman–Crippen MR) is 102 cm³/mol. The Morgan fingerprint density at radius 2 is 1.92 bits per heavy atom. The molecule has 1 heterocycles. The van der Waals surface area contributed by atoms with Gasteiger partial charge >= 0.3 is 6.03 Å². The molecule has 0 spiro atoms. The zero-order chi connectivity index (χ0) is 18.0. The summed E-state index contributed by atoms with van der Waals surface area (Å²) in [5.74, 6) is 0.533. The molecule has 2 aromatic rings. The number of urea groups is 1. The van der Waals surface area contributed by atoms with Crippen molar-refractivity contribution in [1.82, 2.24) is 4.90 Å². The first kappa shape index (κ1) is 17.8. The quantitative estimate of drug-likeness (QED) is 0.779. The second-order valence-electron chi connectivity index (χ2n) is 7.23. The van der Waals surface area contributed by atoms with Gasteiger partial charge in [0.2, 0.25) is 0 Å². The van der Waals surface area contributed by atoms with Crippen LogP contribution in [0.1, 0.15) is 37.3 Å². The van der Waals surface area contributed by atoms with Crippen molar-refractivity contribution >= 4 is 23.5 Å². The molecule has 0 aromatic heterocycles. The van der Waals surface area contributed by atoms with E-state index in [-0.39, 0.29) is 22.6 Å². The van der Waals surface area contributed by atoms with Crippen LogP contribution in [0, 0.1) is 5.82 Å². The van der Waals surface area contributed by atoms with Gasteiger partial charge in [0.25, 0.3) is 0 Å².